The zero-order valence-electron chi connectivity index (χ0n) is 37.4. The third-order valence-electron chi connectivity index (χ3n) is 12.6. The third-order valence-corrected chi connectivity index (χ3v) is 12.6. The molecular weight excluding hydrogens is 829 g/mol. The highest BCUT2D eigenvalue weighted by molar-refractivity contribution is 5.73. The van der Waals surface area contributed by atoms with Gasteiger partial charge in [0.15, 0.2) is 34.9 Å². The summed E-state index contributed by atoms with van der Waals surface area (Å²) in [6, 6.07) is 85.7. The average molecular weight is 873 g/mol. The highest BCUT2D eigenvalue weighted by atomic mass is 15.0. The van der Waals surface area contributed by atoms with Gasteiger partial charge in [0.05, 0.1) is 0 Å². The SMILES string of the molecule is CC(c1ccccc1)(c1ccc(-c2nc(-c3ccccc3)nc(-c3ccc(-c4ccccc4)cc3)n2)cc1)c1ccc(-c2nc(-c3ccccc3)nc(-c3ccc(-c4ccccc4)cc3)n2)cc1. The first kappa shape index (κ1) is 41.7. The lowest BCUT2D eigenvalue weighted by Gasteiger charge is -2.32. The van der Waals surface area contributed by atoms with Crippen molar-refractivity contribution >= 4 is 0 Å². The molecule has 11 aromatic rings. The molecule has 0 amide bonds. The minimum Gasteiger partial charge on any atom is -0.208 e. The van der Waals surface area contributed by atoms with E-state index in [1.807, 2.05) is 72.8 Å². The van der Waals surface area contributed by atoms with E-state index in [0.29, 0.717) is 34.9 Å². The molecule has 0 saturated heterocycles. The molecule has 0 spiro atoms. The van der Waals surface area contributed by atoms with Gasteiger partial charge in [-0.2, -0.15) is 0 Å². The standard InChI is InChI=1S/C62H44N6/c1-62(53-25-15-6-16-26-53,54-39-35-51(36-40-54)60-65-56(47-21-11-4-12-22-47)63-58(67-60)49-31-27-45(28-32-49)43-17-7-2-8-18-43)55-41-37-52(38-42-55)61-66-57(48-23-13-5-14-24-48)64-59(68-61)50-33-29-46(30-34-50)44-19-9-3-10-20-44/h2-42H,1H3. The molecule has 0 N–H and O–H groups in total. The lowest BCUT2D eigenvalue weighted by molar-refractivity contribution is 0.692. The fourth-order valence-corrected chi connectivity index (χ4v) is 8.76. The molecular formula is C62H44N6. The van der Waals surface area contributed by atoms with E-state index in [1.165, 1.54) is 5.56 Å². The molecule has 322 valence electrons. The predicted molar refractivity (Wildman–Crippen MR) is 275 cm³/mol. The highest BCUT2D eigenvalue weighted by Gasteiger charge is 2.31. The van der Waals surface area contributed by atoms with Crippen LogP contribution in [-0.2, 0) is 5.41 Å². The largest absolute Gasteiger partial charge is 0.208 e. The summed E-state index contributed by atoms with van der Waals surface area (Å²) in [4.78, 5) is 30.2. The van der Waals surface area contributed by atoms with E-state index in [4.69, 9.17) is 29.9 Å². The Bertz CT molecular complexity index is 3230. The van der Waals surface area contributed by atoms with Gasteiger partial charge in [-0.1, -0.05) is 249 Å². The van der Waals surface area contributed by atoms with E-state index in [1.54, 1.807) is 0 Å². The van der Waals surface area contributed by atoms with E-state index < -0.39 is 5.41 Å². The number of rotatable bonds is 11. The molecule has 6 nitrogen and oxygen atoms in total. The molecule has 6 heteroatoms. The van der Waals surface area contributed by atoms with E-state index in [-0.39, 0.29) is 0 Å². The molecule has 0 saturated carbocycles. The van der Waals surface area contributed by atoms with Crippen molar-refractivity contribution in [3.8, 4) is 90.6 Å². The fraction of sp³-hybridized carbons (Fsp3) is 0.0323. The van der Waals surface area contributed by atoms with Crippen LogP contribution < -0.4 is 0 Å². The summed E-state index contributed by atoms with van der Waals surface area (Å²) in [6.07, 6.45) is 0. The Hall–Kier alpha value is -9.00. The number of hydrogen-bond donors (Lipinski definition) is 0. The first-order valence-electron chi connectivity index (χ1n) is 22.8. The maximum Gasteiger partial charge on any atom is 0.164 e. The van der Waals surface area contributed by atoms with Crippen LogP contribution in [0.25, 0.3) is 90.6 Å². The van der Waals surface area contributed by atoms with Gasteiger partial charge in [-0.15, -0.1) is 0 Å². The topological polar surface area (TPSA) is 77.3 Å². The quantitative estimate of drug-likeness (QED) is 0.121. The third kappa shape index (κ3) is 8.50. The maximum absolute atomic E-state index is 5.08. The van der Waals surface area contributed by atoms with Crippen LogP contribution in [0, 0.1) is 0 Å². The number of benzene rings is 9. The van der Waals surface area contributed by atoms with Crippen LogP contribution in [0.3, 0.4) is 0 Å². The monoisotopic (exact) mass is 872 g/mol. The first-order chi connectivity index (χ1) is 33.5. The van der Waals surface area contributed by atoms with Gasteiger partial charge in [-0.25, -0.2) is 29.9 Å². The lowest BCUT2D eigenvalue weighted by Crippen LogP contribution is -2.25. The fourth-order valence-electron chi connectivity index (χ4n) is 8.76. The molecule has 0 bridgehead atoms. The molecule has 0 aliphatic heterocycles. The summed E-state index contributed by atoms with van der Waals surface area (Å²) >= 11 is 0. The second-order valence-corrected chi connectivity index (χ2v) is 16.9. The van der Waals surface area contributed by atoms with Gasteiger partial charge in [0.2, 0.25) is 0 Å². The molecule has 0 radical (unpaired) electrons. The minimum atomic E-state index is -0.516. The molecule has 0 aliphatic carbocycles. The van der Waals surface area contributed by atoms with E-state index in [2.05, 4.69) is 183 Å². The van der Waals surface area contributed by atoms with Crippen molar-refractivity contribution in [2.24, 2.45) is 0 Å². The number of hydrogen-bond acceptors (Lipinski definition) is 6. The lowest BCUT2D eigenvalue weighted by atomic mass is 9.71. The Balaban J connectivity index is 0.945. The van der Waals surface area contributed by atoms with Gasteiger partial charge >= 0.3 is 0 Å². The Kier molecular flexibility index (Phi) is 11.3. The Morgan fingerprint density at radius 3 is 0.647 bits per heavy atom. The summed E-state index contributed by atoms with van der Waals surface area (Å²) in [7, 11) is 0. The molecule has 9 aromatic carbocycles. The van der Waals surface area contributed by atoms with Crippen LogP contribution in [0.2, 0.25) is 0 Å². The second-order valence-electron chi connectivity index (χ2n) is 16.9. The van der Waals surface area contributed by atoms with Crippen molar-refractivity contribution < 1.29 is 0 Å². The molecule has 2 aromatic heterocycles. The molecule has 11 rings (SSSR count). The van der Waals surface area contributed by atoms with Gasteiger partial charge in [0.25, 0.3) is 0 Å². The second kappa shape index (κ2) is 18.5. The summed E-state index contributed by atoms with van der Waals surface area (Å²) in [5, 5.41) is 0. The van der Waals surface area contributed by atoms with Crippen LogP contribution >= 0.6 is 0 Å². The molecule has 0 fully saturated rings. The predicted octanol–water partition coefficient (Wildman–Crippen LogP) is 14.7. The van der Waals surface area contributed by atoms with Crippen molar-refractivity contribution in [1.82, 2.24) is 29.9 Å². The first-order valence-corrected chi connectivity index (χ1v) is 22.8. The van der Waals surface area contributed by atoms with E-state index in [9.17, 15) is 0 Å². The number of aromatic nitrogens is 6. The van der Waals surface area contributed by atoms with Gasteiger partial charge in [0.1, 0.15) is 0 Å². The Morgan fingerprint density at radius 1 is 0.191 bits per heavy atom. The van der Waals surface area contributed by atoms with Gasteiger partial charge < -0.3 is 0 Å². The van der Waals surface area contributed by atoms with Crippen molar-refractivity contribution in [3.05, 3.63) is 265 Å². The summed E-state index contributed by atoms with van der Waals surface area (Å²) in [5.41, 5.74) is 13.0. The number of nitrogens with zero attached hydrogens (tertiary/aromatic N) is 6. The molecule has 0 aliphatic rings. The normalized spacial score (nSPS) is 11.3. The zero-order valence-corrected chi connectivity index (χ0v) is 37.4. The maximum atomic E-state index is 5.08. The molecule has 2 heterocycles. The van der Waals surface area contributed by atoms with Crippen molar-refractivity contribution in [3.63, 3.8) is 0 Å². The Labute approximate surface area is 396 Å². The van der Waals surface area contributed by atoms with Crippen LogP contribution in [0.1, 0.15) is 23.6 Å². The average Bonchev–Trinajstić information content (AvgIpc) is 3.44. The summed E-state index contributed by atoms with van der Waals surface area (Å²) in [6.45, 7) is 2.29. The van der Waals surface area contributed by atoms with Crippen LogP contribution in [0.5, 0.6) is 0 Å². The minimum absolute atomic E-state index is 0.516. The van der Waals surface area contributed by atoms with Crippen molar-refractivity contribution in [2.45, 2.75) is 12.3 Å². The molecule has 68 heavy (non-hydrogen) atoms. The molecule has 0 unspecified atom stereocenters. The highest BCUT2D eigenvalue weighted by Crippen LogP contribution is 2.40. The van der Waals surface area contributed by atoms with Gasteiger partial charge in [-0.3, -0.25) is 0 Å². The van der Waals surface area contributed by atoms with Crippen molar-refractivity contribution in [2.75, 3.05) is 0 Å². The summed E-state index contributed by atoms with van der Waals surface area (Å²) < 4.78 is 0. The van der Waals surface area contributed by atoms with Crippen LogP contribution in [0.15, 0.2) is 249 Å². The smallest absolute Gasteiger partial charge is 0.164 e. The van der Waals surface area contributed by atoms with E-state index >= 15 is 0 Å². The van der Waals surface area contributed by atoms with Crippen LogP contribution in [0.4, 0.5) is 0 Å². The van der Waals surface area contributed by atoms with Crippen LogP contribution in [-0.4, -0.2) is 29.9 Å². The Morgan fingerprint density at radius 2 is 0.368 bits per heavy atom. The van der Waals surface area contributed by atoms with E-state index in [0.717, 1.165) is 66.8 Å². The van der Waals surface area contributed by atoms with Gasteiger partial charge in [-0.05, 0) is 45.9 Å². The van der Waals surface area contributed by atoms with Crippen molar-refractivity contribution in [1.29, 1.82) is 0 Å². The zero-order chi connectivity index (χ0) is 45.7. The summed E-state index contributed by atoms with van der Waals surface area (Å²) in [5.74, 6) is 3.70. The van der Waals surface area contributed by atoms with Gasteiger partial charge in [0, 0.05) is 38.8 Å². The molecule has 0 atom stereocenters.